The van der Waals surface area contributed by atoms with Crippen LogP contribution in [0.4, 0.5) is 0 Å². The SMILES string of the molecule is CCc1ccc(C(O)C(C)N2CCN(CC)C(C)C2)cc1. The third kappa shape index (κ3) is 3.85. The molecule has 3 unspecified atom stereocenters. The van der Waals surface area contributed by atoms with Crippen LogP contribution in [0.15, 0.2) is 24.3 Å². The molecule has 3 heteroatoms. The molecule has 2 rings (SSSR count). The van der Waals surface area contributed by atoms with Crippen LogP contribution in [0.25, 0.3) is 0 Å². The number of rotatable bonds is 5. The van der Waals surface area contributed by atoms with Gasteiger partial charge in [-0.25, -0.2) is 0 Å². The number of hydrogen-bond donors (Lipinski definition) is 1. The first-order chi connectivity index (χ1) is 10.1. The van der Waals surface area contributed by atoms with Crippen molar-refractivity contribution in [3.63, 3.8) is 0 Å². The molecular weight excluding hydrogens is 260 g/mol. The summed E-state index contributed by atoms with van der Waals surface area (Å²) in [5.41, 5.74) is 2.36. The zero-order valence-electron chi connectivity index (χ0n) is 13.9. The second-order valence-electron chi connectivity index (χ2n) is 6.25. The Labute approximate surface area is 129 Å². The molecule has 0 radical (unpaired) electrons. The molecule has 1 N–H and O–H groups in total. The Morgan fingerprint density at radius 1 is 1.19 bits per heavy atom. The van der Waals surface area contributed by atoms with E-state index in [1.807, 2.05) is 0 Å². The Morgan fingerprint density at radius 2 is 1.86 bits per heavy atom. The molecule has 0 aromatic heterocycles. The lowest BCUT2D eigenvalue weighted by atomic mass is 9.99. The van der Waals surface area contributed by atoms with Gasteiger partial charge in [0.2, 0.25) is 0 Å². The summed E-state index contributed by atoms with van der Waals surface area (Å²) in [6.45, 7) is 13.1. The van der Waals surface area contributed by atoms with Gasteiger partial charge < -0.3 is 5.11 Å². The Kier molecular flexibility index (Phi) is 5.80. The first-order valence-electron chi connectivity index (χ1n) is 8.31. The smallest absolute Gasteiger partial charge is 0.0942 e. The van der Waals surface area contributed by atoms with Crippen LogP contribution in [-0.4, -0.2) is 53.2 Å². The van der Waals surface area contributed by atoms with Crippen molar-refractivity contribution in [1.82, 2.24) is 9.80 Å². The number of piperazine rings is 1. The van der Waals surface area contributed by atoms with Crippen molar-refractivity contribution in [2.75, 3.05) is 26.2 Å². The summed E-state index contributed by atoms with van der Waals surface area (Å²) in [5, 5.41) is 10.7. The molecule has 1 aromatic rings. The molecule has 118 valence electrons. The van der Waals surface area contributed by atoms with Crippen LogP contribution in [0.1, 0.15) is 44.9 Å². The van der Waals surface area contributed by atoms with Gasteiger partial charge in [0.1, 0.15) is 0 Å². The van der Waals surface area contributed by atoms with Gasteiger partial charge >= 0.3 is 0 Å². The normalized spacial score (nSPS) is 24.0. The highest BCUT2D eigenvalue weighted by molar-refractivity contribution is 5.25. The zero-order valence-corrected chi connectivity index (χ0v) is 13.9. The quantitative estimate of drug-likeness (QED) is 0.903. The average molecular weight is 290 g/mol. The van der Waals surface area contributed by atoms with Crippen molar-refractivity contribution in [3.8, 4) is 0 Å². The van der Waals surface area contributed by atoms with E-state index in [1.165, 1.54) is 5.56 Å². The minimum absolute atomic E-state index is 0.166. The first-order valence-corrected chi connectivity index (χ1v) is 8.31. The molecule has 1 aromatic carbocycles. The first kappa shape index (κ1) is 16.5. The maximum absolute atomic E-state index is 10.7. The van der Waals surface area contributed by atoms with Gasteiger partial charge in [-0.15, -0.1) is 0 Å². The number of aryl methyl sites for hydroxylation is 1. The van der Waals surface area contributed by atoms with Gasteiger partial charge in [0, 0.05) is 31.7 Å². The van der Waals surface area contributed by atoms with E-state index < -0.39 is 6.10 Å². The van der Waals surface area contributed by atoms with E-state index in [0.717, 1.165) is 38.2 Å². The molecule has 3 nitrogen and oxygen atoms in total. The van der Waals surface area contributed by atoms with E-state index >= 15 is 0 Å². The maximum Gasteiger partial charge on any atom is 0.0942 e. The Balaban J connectivity index is 2.00. The summed E-state index contributed by atoms with van der Waals surface area (Å²) >= 11 is 0. The average Bonchev–Trinajstić information content (AvgIpc) is 2.53. The molecule has 0 aliphatic carbocycles. The van der Waals surface area contributed by atoms with Crippen LogP contribution >= 0.6 is 0 Å². The molecule has 1 aliphatic rings. The van der Waals surface area contributed by atoms with Crippen molar-refractivity contribution in [3.05, 3.63) is 35.4 Å². The highest BCUT2D eigenvalue weighted by Crippen LogP contribution is 2.23. The number of hydrogen-bond acceptors (Lipinski definition) is 3. The van der Waals surface area contributed by atoms with Crippen molar-refractivity contribution >= 4 is 0 Å². The predicted molar refractivity (Wildman–Crippen MR) is 88.5 cm³/mol. The minimum atomic E-state index is -0.406. The van der Waals surface area contributed by atoms with Gasteiger partial charge in [0.25, 0.3) is 0 Å². The molecule has 1 saturated heterocycles. The monoisotopic (exact) mass is 290 g/mol. The predicted octanol–water partition coefficient (Wildman–Crippen LogP) is 2.70. The zero-order chi connectivity index (χ0) is 15.4. The van der Waals surface area contributed by atoms with E-state index in [1.54, 1.807) is 0 Å². The van der Waals surface area contributed by atoms with Crippen LogP contribution in [0.5, 0.6) is 0 Å². The third-order valence-corrected chi connectivity index (χ3v) is 4.97. The van der Waals surface area contributed by atoms with Gasteiger partial charge in [-0.3, -0.25) is 9.80 Å². The van der Waals surface area contributed by atoms with Gasteiger partial charge in [-0.05, 0) is 37.9 Å². The molecular formula is C18H30N2O. The summed E-state index contributed by atoms with van der Waals surface area (Å²) < 4.78 is 0. The lowest BCUT2D eigenvalue weighted by Gasteiger charge is -2.43. The maximum atomic E-state index is 10.7. The number of aliphatic hydroxyl groups excluding tert-OH is 1. The molecule has 0 spiro atoms. The minimum Gasteiger partial charge on any atom is -0.387 e. The third-order valence-electron chi connectivity index (χ3n) is 4.97. The lowest BCUT2D eigenvalue weighted by molar-refractivity contribution is 0.00759. The van der Waals surface area contributed by atoms with Crippen molar-refractivity contribution in [2.24, 2.45) is 0 Å². The van der Waals surface area contributed by atoms with Gasteiger partial charge in [0.15, 0.2) is 0 Å². The number of nitrogens with zero attached hydrogens (tertiary/aromatic N) is 2. The van der Waals surface area contributed by atoms with Crippen molar-refractivity contribution in [1.29, 1.82) is 0 Å². The van der Waals surface area contributed by atoms with Crippen LogP contribution in [0.2, 0.25) is 0 Å². The second kappa shape index (κ2) is 7.39. The fourth-order valence-corrected chi connectivity index (χ4v) is 3.29. The van der Waals surface area contributed by atoms with Crippen LogP contribution in [0.3, 0.4) is 0 Å². The molecule has 1 aliphatic heterocycles. The van der Waals surface area contributed by atoms with Crippen molar-refractivity contribution < 1.29 is 5.11 Å². The number of aliphatic hydroxyl groups is 1. The summed E-state index contributed by atoms with van der Waals surface area (Å²) in [7, 11) is 0. The Hall–Kier alpha value is -0.900. The van der Waals surface area contributed by atoms with Crippen molar-refractivity contribution in [2.45, 2.75) is 52.3 Å². The van der Waals surface area contributed by atoms with Gasteiger partial charge in [0.05, 0.1) is 6.10 Å². The summed E-state index contributed by atoms with van der Waals surface area (Å²) in [4.78, 5) is 4.93. The highest BCUT2D eigenvalue weighted by Gasteiger charge is 2.29. The fraction of sp³-hybridized carbons (Fsp3) is 0.667. The Bertz CT molecular complexity index is 431. The largest absolute Gasteiger partial charge is 0.387 e. The molecule has 3 atom stereocenters. The molecule has 0 amide bonds. The number of likely N-dealkylation sites (N-methyl/N-ethyl adjacent to an activating group) is 1. The molecule has 0 saturated carbocycles. The van der Waals surface area contributed by atoms with Crippen LogP contribution in [-0.2, 0) is 6.42 Å². The van der Waals surface area contributed by atoms with Crippen LogP contribution in [0, 0.1) is 0 Å². The molecule has 0 bridgehead atoms. The van der Waals surface area contributed by atoms with Gasteiger partial charge in [-0.1, -0.05) is 38.1 Å². The Morgan fingerprint density at radius 3 is 2.38 bits per heavy atom. The lowest BCUT2D eigenvalue weighted by Crippen LogP contribution is -2.55. The molecule has 1 fully saturated rings. The second-order valence-corrected chi connectivity index (χ2v) is 6.25. The summed E-state index contributed by atoms with van der Waals surface area (Å²) in [6.07, 6.45) is 0.638. The van der Waals surface area contributed by atoms with E-state index in [4.69, 9.17) is 0 Å². The summed E-state index contributed by atoms with van der Waals surface area (Å²) in [6, 6.07) is 9.14. The fourth-order valence-electron chi connectivity index (χ4n) is 3.29. The van der Waals surface area contributed by atoms with E-state index in [2.05, 4.69) is 61.8 Å². The highest BCUT2D eigenvalue weighted by atomic mass is 16.3. The summed E-state index contributed by atoms with van der Waals surface area (Å²) in [5.74, 6) is 0. The molecule has 1 heterocycles. The number of benzene rings is 1. The van der Waals surface area contributed by atoms with E-state index in [0.29, 0.717) is 6.04 Å². The van der Waals surface area contributed by atoms with E-state index in [-0.39, 0.29) is 6.04 Å². The topological polar surface area (TPSA) is 26.7 Å². The standard InChI is InChI=1S/C18H30N2O/c1-5-16-7-9-17(10-8-16)18(21)15(4)20-12-11-19(6-2)14(3)13-20/h7-10,14-15,18,21H,5-6,11-13H2,1-4H3. The van der Waals surface area contributed by atoms with E-state index in [9.17, 15) is 5.11 Å². The van der Waals surface area contributed by atoms with Gasteiger partial charge in [-0.2, -0.15) is 0 Å². The molecule has 21 heavy (non-hydrogen) atoms. The van der Waals surface area contributed by atoms with Crippen LogP contribution < -0.4 is 0 Å².